The van der Waals surface area contributed by atoms with Crippen LogP contribution in [0.5, 0.6) is 0 Å². The predicted molar refractivity (Wildman–Crippen MR) is 105 cm³/mol. The van der Waals surface area contributed by atoms with E-state index in [0.29, 0.717) is 11.3 Å². The molecule has 0 amide bonds. The van der Waals surface area contributed by atoms with E-state index in [1.807, 2.05) is 0 Å². The Balaban J connectivity index is 2.21. The number of rotatable bonds is 8. The molecule has 0 saturated carbocycles. The van der Waals surface area contributed by atoms with E-state index in [9.17, 15) is 13.2 Å². The van der Waals surface area contributed by atoms with Crippen LogP contribution in [0.4, 0.5) is 5.95 Å². The van der Waals surface area contributed by atoms with Crippen LogP contribution in [0.1, 0.15) is 16.1 Å². The number of carbonyl (C=O) groups excluding carboxylic acids is 1. The van der Waals surface area contributed by atoms with Crippen molar-refractivity contribution in [2.45, 2.75) is 11.7 Å². The second kappa shape index (κ2) is 8.91. The molecule has 27 heavy (non-hydrogen) atoms. The SMILES string of the molecule is CN(C)S(=O)(=O)n1cc(CC(CN=[N+]=[N-])SC(=O)c2ccccc2)nc1N. The van der Waals surface area contributed by atoms with Gasteiger partial charge in [0.15, 0.2) is 0 Å². The van der Waals surface area contributed by atoms with Gasteiger partial charge in [-0.05, 0) is 5.53 Å². The first kappa shape index (κ1) is 20.8. The lowest BCUT2D eigenvalue weighted by Gasteiger charge is -2.12. The molecule has 1 aromatic heterocycles. The maximum absolute atomic E-state index is 12.4. The average Bonchev–Trinajstić information content (AvgIpc) is 3.01. The lowest BCUT2D eigenvalue weighted by Crippen LogP contribution is -2.29. The van der Waals surface area contributed by atoms with E-state index >= 15 is 0 Å². The lowest BCUT2D eigenvalue weighted by molar-refractivity contribution is 0.108. The van der Waals surface area contributed by atoms with Gasteiger partial charge in [0, 0.05) is 49.0 Å². The number of hydrogen-bond acceptors (Lipinski definition) is 7. The van der Waals surface area contributed by atoms with Crippen molar-refractivity contribution in [3.8, 4) is 0 Å². The molecular weight excluding hydrogens is 390 g/mol. The standard InChI is InChI=1S/C15H19N7O3S2/c1-21(2)27(24,25)22-10-12(19-15(22)16)8-13(9-18-20-17)26-14(23)11-6-4-3-5-7-11/h3-7,10,13H,8-9H2,1-2H3,(H2,16,19). The molecule has 2 N–H and O–H groups in total. The van der Waals surface area contributed by atoms with Crippen LogP contribution >= 0.6 is 11.8 Å². The highest BCUT2D eigenvalue weighted by molar-refractivity contribution is 8.14. The molecule has 1 heterocycles. The molecule has 1 unspecified atom stereocenters. The minimum atomic E-state index is -3.80. The van der Waals surface area contributed by atoms with Crippen LogP contribution in [-0.2, 0) is 16.6 Å². The summed E-state index contributed by atoms with van der Waals surface area (Å²) in [7, 11) is -1.03. The quantitative estimate of drug-likeness (QED) is 0.400. The second-order valence-electron chi connectivity index (χ2n) is 5.69. The number of aromatic nitrogens is 2. The van der Waals surface area contributed by atoms with Gasteiger partial charge in [0.2, 0.25) is 11.1 Å². The number of azide groups is 1. The van der Waals surface area contributed by atoms with Crippen molar-refractivity contribution >= 4 is 33.0 Å². The molecule has 0 bridgehead atoms. The summed E-state index contributed by atoms with van der Waals surface area (Å²) in [6.07, 6.45) is 1.52. The zero-order chi connectivity index (χ0) is 20.0. The van der Waals surface area contributed by atoms with Crippen LogP contribution in [0.25, 0.3) is 10.4 Å². The van der Waals surface area contributed by atoms with Gasteiger partial charge in [-0.15, -0.1) is 0 Å². The Morgan fingerprint density at radius 2 is 2.07 bits per heavy atom. The Morgan fingerprint density at radius 1 is 1.41 bits per heavy atom. The third kappa shape index (κ3) is 5.23. The highest BCUT2D eigenvalue weighted by atomic mass is 32.2. The van der Waals surface area contributed by atoms with Gasteiger partial charge in [-0.2, -0.15) is 16.7 Å². The summed E-state index contributed by atoms with van der Waals surface area (Å²) in [5.74, 6) is -0.180. The molecule has 144 valence electrons. The van der Waals surface area contributed by atoms with Gasteiger partial charge in [0.05, 0.1) is 5.69 Å². The normalized spacial score (nSPS) is 12.6. The van der Waals surface area contributed by atoms with Crippen molar-refractivity contribution in [2.24, 2.45) is 5.11 Å². The summed E-state index contributed by atoms with van der Waals surface area (Å²) in [4.78, 5) is 19.2. The zero-order valence-corrected chi connectivity index (χ0v) is 16.4. The molecule has 2 rings (SSSR count). The molecule has 2 aromatic rings. The van der Waals surface area contributed by atoms with E-state index in [2.05, 4.69) is 15.0 Å². The monoisotopic (exact) mass is 409 g/mol. The largest absolute Gasteiger partial charge is 0.368 e. The first-order valence-electron chi connectivity index (χ1n) is 7.79. The number of anilines is 1. The van der Waals surface area contributed by atoms with E-state index in [0.717, 1.165) is 20.0 Å². The fourth-order valence-electron chi connectivity index (χ4n) is 2.18. The smallest absolute Gasteiger partial charge is 0.309 e. The van der Waals surface area contributed by atoms with Crippen molar-refractivity contribution in [1.82, 2.24) is 13.3 Å². The summed E-state index contributed by atoms with van der Waals surface area (Å²) in [5, 5.41) is 2.94. The summed E-state index contributed by atoms with van der Waals surface area (Å²) >= 11 is 1.01. The number of thioether (sulfide) groups is 1. The van der Waals surface area contributed by atoms with E-state index in [4.69, 9.17) is 11.3 Å². The summed E-state index contributed by atoms with van der Waals surface area (Å²) < 4.78 is 26.3. The molecule has 0 aliphatic rings. The van der Waals surface area contributed by atoms with E-state index in [1.165, 1.54) is 20.3 Å². The minimum Gasteiger partial charge on any atom is -0.368 e. The van der Waals surface area contributed by atoms with Gasteiger partial charge in [-0.3, -0.25) is 4.79 Å². The Labute approximate surface area is 161 Å². The Bertz CT molecular complexity index is 951. The van der Waals surface area contributed by atoms with Crippen molar-refractivity contribution in [3.63, 3.8) is 0 Å². The van der Waals surface area contributed by atoms with Crippen LogP contribution in [0.2, 0.25) is 0 Å². The number of imidazole rings is 1. The van der Waals surface area contributed by atoms with Crippen molar-refractivity contribution in [1.29, 1.82) is 0 Å². The van der Waals surface area contributed by atoms with Gasteiger partial charge in [-0.25, -0.2) is 4.98 Å². The molecule has 0 radical (unpaired) electrons. The third-order valence-corrected chi connectivity index (χ3v) is 6.34. The number of carbonyl (C=O) groups is 1. The number of benzene rings is 1. The maximum Gasteiger partial charge on any atom is 0.309 e. The van der Waals surface area contributed by atoms with Crippen molar-refractivity contribution < 1.29 is 13.2 Å². The molecule has 0 aliphatic carbocycles. The lowest BCUT2D eigenvalue weighted by atomic mass is 10.2. The Hall–Kier alpha value is -2.53. The van der Waals surface area contributed by atoms with Gasteiger partial charge >= 0.3 is 10.2 Å². The molecule has 0 spiro atoms. The van der Waals surface area contributed by atoms with Crippen molar-refractivity contribution in [3.05, 3.63) is 58.2 Å². The van der Waals surface area contributed by atoms with Crippen LogP contribution in [0.3, 0.4) is 0 Å². The molecule has 1 aromatic carbocycles. The first-order valence-corrected chi connectivity index (χ1v) is 10.1. The predicted octanol–water partition coefficient (Wildman–Crippen LogP) is 1.91. The van der Waals surface area contributed by atoms with Crippen LogP contribution < -0.4 is 5.73 Å². The number of nitrogens with zero attached hydrogens (tertiary/aromatic N) is 6. The van der Waals surface area contributed by atoms with E-state index in [1.54, 1.807) is 30.3 Å². The summed E-state index contributed by atoms with van der Waals surface area (Å²) in [5.41, 5.74) is 15.2. The van der Waals surface area contributed by atoms with Crippen LogP contribution in [0, 0.1) is 0 Å². The molecule has 0 saturated heterocycles. The highest BCUT2D eigenvalue weighted by Crippen LogP contribution is 2.23. The average molecular weight is 409 g/mol. The maximum atomic E-state index is 12.4. The molecular formula is C15H19N7O3S2. The second-order valence-corrected chi connectivity index (χ2v) is 8.98. The van der Waals surface area contributed by atoms with Gasteiger partial charge in [0.25, 0.3) is 0 Å². The first-order chi connectivity index (χ1) is 12.8. The molecule has 0 aliphatic heterocycles. The topological polar surface area (TPSA) is 147 Å². The number of hydrogen-bond donors (Lipinski definition) is 1. The Kier molecular flexibility index (Phi) is 6.86. The minimum absolute atomic E-state index is 0.0485. The third-order valence-electron chi connectivity index (χ3n) is 3.53. The van der Waals surface area contributed by atoms with Crippen molar-refractivity contribution in [2.75, 3.05) is 26.4 Å². The molecule has 0 fully saturated rings. The highest BCUT2D eigenvalue weighted by Gasteiger charge is 2.23. The molecule has 1 atom stereocenters. The number of nitrogens with two attached hydrogens (primary N) is 1. The van der Waals surface area contributed by atoms with Gasteiger partial charge in [0.1, 0.15) is 0 Å². The zero-order valence-electron chi connectivity index (χ0n) is 14.8. The van der Waals surface area contributed by atoms with Gasteiger partial charge < -0.3 is 5.73 Å². The van der Waals surface area contributed by atoms with Crippen LogP contribution in [-0.4, -0.2) is 52.7 Å². The Morgan fingerprint density at radius 3 is 2.67 bits per heavy atom. The summed E-state index contributed by atoms with van der Waals surface area (Å²) in [6, 6.07) is 8.70. The fraction of sp³-hybridized carbons (Fsp3) is 0.333. The molecule has 12 heteroatoms. The van der Waals surface area contributed by atoms with E-state index in [-0.39, 0.29) is 24.0 Å². The number of nitrogen functional groups attached to an aromatic ring is 1. The van der Waals surface area contributed by atoms with Crippen LogP contribution in [0.15, 0.2) is 41.6 Å². The van der Waals surface area contributed by atoms with Gasteiger partial charge in [-0.1, -0.05) is 47.2 Å². The fourth-order valence-corrected chi connectivity index (χ4v) is 4.04. The summed E-state index contributed by atoms with van der Waals surface area (Å²) in [6.45, 7) is 0.0485. The molecule has 10 nitrogen and oxygen atoms in total. The van der Waals surface area contributed by atoms with E-state index < -0.39 is 15.5 Å².